The van der Waals surface area contributed by atoms with Crippen LogP contribution in [0.25, 0.3) is 0 Å². The van der Waals surface area contributed by atoms with Crippen LogP contribution in [-0.4, -0.2) is 63.9 Å². The van der Waals surface area contributed by atoms with Gasteiger partial charge in [0.15, 0.2) is 0 Å². The first-order valence-corrected chi connectivity index (χ1v) is 17.9. The van der Waals surface area contributed by atoms with Crippen LogP contribution in [0, 0.1) is 50.7 Å². The molecule has 7 nitrogen and oxygen atoms in total. The number of aliphatic hydroxyl groups is 2. The lowest BCUT2D eigenvalue weighted by Gasteiger charge is -2.63. The first kappa shape index (κ1) is 32.0. The summed E-state index contributed by atoms with van der Waals surface area (Å²) in [5.74, 6) is 1.31. The number of rotatable bonds is 6. The maximum Gasteiger partial charge on any atom is 0.339 e. The van der Waals surface area contributed by atoms with Crippen LogP contribution in [0.5, 0.6) is 0 Å². The van der Waals surface area contributed by atoms with Crippen molar-refractivity contribution < 1.29 is 29.2 Å². The van der Waals surface area contributed by atoms with Gasteiger partial charge in [-0.1, -0.05) is 34.6 Å². The van der Waals surface area contributed by atoms with Crippen LogP contribution in [0.1, 0.15) is 117 Å². The van der Waals surface area contributed by atoms with E-state index in [0.717, 1.165) is 38.5 Å². The second-order valence-corrected chi connectivity index (χ2v) is 17.7. The van der Waals surface area contributed by atoms with Gasteiger partial charge >= 0.3 is 5.97 Å². The predicted octanol–water partition coefficient (Wildman–Crippen LogP) is 6.60. The Labute approximate surface area is 270 Å². The summed E-state index contributed by atoms with van der Waals surface area (Å²) in [4.78, 5) is 17.2. The Bertz CT molecular complexity index is 1310. The van der Waals surface area contributed by atoms with E-state index in [1.807, 2.05) is 20.8 Å². The van der Waals surface area contributed by atoms with Crippen molar-refractivity contribution in [3.63, 3.8) is 0 Å². The number of hydrogen-bond acceptors (Lipinski definition) is 7. The quantitative estimate of drug-likeness (QED) is 0.345. The van der Waals surface area contributed by atoms with Gasteiger partial charge in [0.05, 0.1) is 29.5 Å². The van der Waals surface area contributed by atoms with Crippen molar-refractivity contribution in [2.75, 3.05) is 6.61 Å². The molecule has 13 unspecified atom stereocenters. The molecular weight excluding hydrogens is 566 g/mol. The second kappa shape index (κ2) is 10.2. The molecule has 2 heterocycles. The number of hydrogen-bond donors (Lipinski definition) is 2. The Hall–Kier alpha value is -1.54. The molecule has 1 saturated heterocycles. The van der Waals surface area contributed by atoms with Gasteiger partial charge in [-0.3, -0.25) is 4.98 Å². The summed E-state index contributed by atoms with van der Waals surface area (Å²) in [6.45, 7) is 18.0. The summed E-state index contributed by atoms with van der Waals surface area (Å²) in [6.07, 6.45) is 10.3. The third-order valence-electron chi connectivity index (χ3n) is 15.3. The molecule has 0 radical (unpaired) electrons. The van der Waals surface area contributed by atoms with Gasteiger partial charge in [0, 0.05) is 29.8 Å². The molecule has 5 saturated carbocycles. The molecule has 6 fully saturated rings. The molecule has 0 aromatic carbocycles. The number of esters is 1. The highest BCUT2D eigenvalue weighted by Crippen LogP contribution is 2.89. The average Bonchev–Trinajstić information content (AvgIpc) is 3.61. The van der Waals surface area contributed by atoms with E-state index in [1.54, 1.807) is 24.5 Å². The lowest BCUT2D eigenvalue weighted by atomic mass is 9.41. The van der Waals surface area contributed by atoms with E-state index in [-0.39, 0.29) is 57.3 Å². The topological polar surface area (TPSA) is 98.1 Å². The molecule has 1 aliphatic heterocycles. The summed E-state index contributed by atoms with van der Waals surface area (Å²) in [7, 11) is 0. The van der Waals surface area contributed by atoms with Crippen LogP contribution in [-0.2, 0) is 14.2 Å². The second-order valence-electron chi connectivity index (χ2n) is 17.7. The van der Waals surface area contributed by atoms with Gasteiger partial charge < -0.3 is 24.4 Å². The first-order chi connectivity index (χ1) is 21.1. The van der Waals surface area contributed by atoms with Crippen LogP contribution >= 0.6 is 0 Å². The molecule has 7 rings (SSSR count). The highest BCUT2D eigenvalue weighted by molar-refractivity contribution is 5.89. The molecule has 7 heteroatoms. The summed E-state index contributed by atoms with van der Waals surface area (Å²) in [6, 6.07) is 3.57. The molecule has 0 amide bonds. The molecule has 5 aliphatic carbocycles. The smallest absolute Gasteiger partial charge is 0.339 e. The van der Waals surface area contributed by atoms with Gasteiger partial charge in [-0.2, -0.15) is 0 Å². The highest BCUT2D eigenvalue weighted by atomic mass is 16.6. The van der Waals surface area contributed by atoms with Crippen LogP contribution in [0.15, 0.2) is 24.5 Å². The minimum absolute atomic E-state index is 0.0180. The number of carbonyl (C=O) groups excluding carboxylic acids is 1. The third-order valence-corrected chi connectivity index (χ3v) is 15.3. The van der Waals surface area contributed by atoms with Crippen molar-refractivity contribution in [2.24, 2.45) is 50.7 Å². The molecule has 1 aromatic heterocycles. The molecule has 6 aliphatic rings. The molecule has 0 bridgehead atoms. The Balaban J connectivity index is 1.16. The average molecular weight is 624 g/mol. The van der Waals surface area contributed by atoms with E-state index in [0.29, 0.717) is 29.9 Å². The predicted molar refractivity (Wildman–Crippen MR) is 171 cm³/mol. The van der Waals surface area contributed by atoms with Gasteiger partial charge in [0.1, 0.15) is 12.2 Å². The normalized spacial score (nSPS) is 48.6. The molecule has 2 spiro atoms. The van der Waals surface area contributed by atoms with Crippen molar-refractivity contribution in [3.8, 4) is 0 Å². The molecule has 45 heavy (non-hydrogen) atoms. The number of pyridine rings is 1. The fourth-order valence-corrected chi connectivity index (χ4v) is 13.3. The van der Waals surface area contributed by atoms with Gasteiger partial charge in [-0.25, -0.2) is 4.79 Å². The Morgan fingerprint density at radius 2 is 1.82 bits per heavy atom. The minimum atomic E-state index is -1.03. The van der Waals surface area contributed by atoms with E-state index < -0.39 is 17.8 Å². The fraction of sp³-hybridized carbons (Fsp3) is 0.842. The largest absolute Gasteiger partial charge is 0.458 e. The molecule has 250 valence electrons. The lowest BCUT2D eigenvalue weighted by molar-refractivity contribution is -0.215. The van der Waals surface area contributed by atoms with Crippen molar-refractivity contribution >= 4 is 5.97 Å². The lowest BCUT2D eigenvalue weighted by Crippen LogP contribution is -2.60. The monoisotopic (exact) mass is 623 g/mol. The maximum absolute atomic E-state index is 13.1. The standard InChI is InChI=1S/C38H57NO6/c1-9-43-31(34(5,6)42)24-19-22(2)28-29(44-24)30(40)36(8)26-13-12-25-33(3,4)27(45-32(41)23-11-10-18-39-20-23)14-15-37(25)21-38(26,37)17-16-35(28,36)7/h10-11,18,20,22,24-31,40,42H,9,12-17,19,21H2,1-8H3. The van der Waals surface area contributed by atoms with E-state index in [4.69, 9.17) is 14.2 Å². The molecule has 2 N–H and O–H groups in total. The minimum Gasteiger partial charge on any atom is -0.458 e. The fourth-order valence-electron chi connectivity index (χ4n) is 13.3. The highest BCUT2D eigenvalue weighted by Gasteiger charge is 2.84. The summed E-state index contributed by atoms with van der Waals surface area (Å²) < 4.78 is 19.3. The van der Waals surface area contributed by atoms with Crippen LogP contribution < -0.4 is 0 Å². The SMILES string of the molecule is CCOC(C1CC(C)C2C(O1)C(O)C1(C)C3CCC4C(C)(C)C(OC(=O)c5cccnc5)CCC45CC35CCC21C)C(C)(C)O. The number of nitrogens with zero attached hydrogens (tertiary/aromatic N) is 1. The van der Waals surface area contributed by atoms with E-state index in [9.17, 15) is 15.0 Å². The molecule has 1 aromatic rings. The van der Waals surface area contributed by atoms with Crippen molar-refractivity contribution in [1.29, 1.82) is 0 Å². The first-order valence-electron chi connectivity index (χ1n) is 17.9. The van der Waals surface area contributed by atoms with Crippen molar-refractivity contribution in [2.45, 2.75) is 143 Å². The summed E-state index contributed by atoms with van der Waals surface area (Å²) >= 11 is 0. The van der Waals surface area contributed by atoms with Gasteiger partial charge in [-0.15, -0.1) is 0 Å². The Morgan fingerprint density at radius 3 is 2.49 bits per heavy atom. The van der Waals surface area contributed by atoms with E-state index in [1.165, 1.54) is 12.8 Å². The van der Waals surface area contributed by atoms with Gasteiger partial charge in [0.2, 0.25) is 0 Å². The zero-order valence-corrected chi connectivity index (χ0v) is 28.8. The molecular formula is C38H57NO6. The van der Waals surface area contributed by atoms with E-state index >= 15 is 0 Å². The van der Waals surface area contributed by atoms with Crippen LogP contribution in [0.3, 0.4) is 0 Å². The number of carbonyl (C=O) groups is 1. The van der Waals surface area contributed by atoms with E-state index in [2.05, 4.69) is 39.6 Å². The van der Waals surface area contributed by atoms with Gasteiger partial charge in [-0.05, 0) is 124 Å². The number of ether oxygens (including phenoxy) is 3. The Kier molecular flexibility index (Phi) is 7.28. The van der Waals surface area contributed by atoms with Crippen molar-refractivity contribution in [3.05, 3.63) is 30.1 Å². The summed E-state index contributed by atoms with van der Waals surface area (Å²) in [5.41, 5.74) is -0.409. The van der Waals surface area contributed by atoms with Crippen LogP contribution in [0.4, 0.5) is 0 Å². The Morgan fingerprint density at radius 1 is 1.11 bits per heavy atom. The number of fused-ring (bicyclic) bond motifs is 4. The van der Waals surface area contributed by atoms with Crippen LogP contribution in [0.2, 0.25) is 0 Å². The van der Waals surface area contributed by atoms with Gasteiger partial charge in [0.25, 0.3) is 0 Å². The zero-order valence-electron chi connectivity index (χ0n) is 28.8. The summed E-state index contributed by atoms with van der Waals surface area (Å²) in [5, 5.41) is 23.6. The third kappa shape index (κ3) is 4.15. The zero-order chi connectivity index (χ0) is 32.4. The number of aromatic nitrogens is 1. The van der Waals surface area contributed by atoms with Crippen molar-refractivity contribution in [1.82, 2.24) is 4.98 Å². The maximum atomic E-state index is 13.1. The molecule has 13 atom stereocenters. The number of aliphatic hydroxyl groups excluding tert-OH is 1.